The topological polar surface area (TPSA) is 26.3 Å². The Bertz CT molecular complexity index is 199. The van der Waals surface area contributed by atoms with Crippen molar-refractivity contribution in [1.82, 2.24) is 0 Å². The van der Waals surface area contributed by atoms with Crippen molar-refractivity contribution in [3.8, 4) is 0 Å². The van der Waals surface area contributed by atoms with E-state index in [4.69, 9.17) is 9.91 Å². The van der Waals surface area contributed by atoms with Crippen LogP contribution >= 0.6 is 0 Å². The average Bonchev–Trinajstić information content (AvgIpc) is 2.03. The summed E-state index contributed by atoms with van der Waals surface area (Å²) >= 11 is 0. The van der Waals surface area contributed by atoms with E-state index in [2.05, 4.69) is 6.58 Å². The molecule has 52 valence electrons. The average molecular weight is 148 g/mol. The molecule has 0 atom stereocenters. The van der Waals surface area contributed by atoms with Crippen LogP contribution in [0.15, 0.2) is 12.7 Å². The highest BCUT2D eigenvalue weighted by Gasteiger charge is 2.17. The van der Waals surface area contributed by atoms with Gasteiger partial charge in [-0.15, -0.1) is 0 Å². The molecule has 0 rings (SSSR count). The monoisotopic (exact) mass is 148 g/mol. The minimum Gasteiger partial charge on any atom is -0.517 e. The molecule has 0 bridgehead atoms. The van der Waals surface area contributed by atoms with Crippen LogP contribution in [0, 0.1) is 0 Å². The molecule has 0 fully saturated rings. The number of hydrogen-bond acceptors (Lipinski definition) is 2. The summed E-state index contributed by atoms with van der Waals surface area (Å²) in [5, 5.41) is 0. The van der Waals surface area contributed by atoms with Crippen molar-refractivity contribution in [1.29, 1.82) is 0 Å². The third-order valence-corrected chi connectivity index (χ3v) is 1.13. The fourth-order valence-electron chi connectivity index (χ4n) is 0.258. The molecule has 0 unspecified atom stereocenters. The Hall–Kier alpha value is -0.573. The molecule has 0 heterocycles. The van der Waals surface area contributed by atoms with E-state index in [0.717, 1.165) is 6.08 Å². The molecule has 0 amide bonds. The molecule has 0 aromatic carbocycles. The lowest BCUT2D eigenvalue weighted by Crippen LogP contribution is -2.28. The van der Waals surface area contributed by atoms with Gasteiger partial charge in [0.15, 0.2) is 0 Å². The maximum atomic E-state index is 10.8. The second kappa shape index (κ2) is 2.82. The number of carbonyl (C=O) groups excluding carboxylic acids is 1. The molecule has 0 aliphatic rings. The third kappa shape index (κ3) is 5.30. The van der Waals surface area contributed by atoms with E-state index >= 15 is 0 Å². The van der Waals surface area contributed by atoms with Crippen molar-refractivity contribution < 1.29 is 14.7 Å². The summed E-state index contributed by atoms with van der Waals surface area (Å²) in [6, 6.07) is 0. The predicted octanol–water partition coefficient (Wildman–Crippen LogP) is 1.55. The minimum absolute atomic E-state index is 0.761. The zero-order valence-electron chi connectivity index (χ0n) is 9.26. The lowest BCUT2D eigenvalue weighted by Gasteiger charge is -2.14. The van der Waals surface area contributed by atoms with Crippen LogP contribution in [0.1, 0.15) is 5.48 Å². The van der Waals surface area contributed by atoms with Gasteiger partial charge in [-0.05, 0) is 19.5 Å². The molecule has 0 aliphatic carbocycles. The van der Waals surface area contributed by atoms with Gasteiger partial charge in [0.1, 0.15) is 0 Å². The first-order valence-electron chi connectivity index (χ1n) is 4.70. The lowest BCUT2D eigenvalue weighted by atomic mass is 10.7. The maximum absolute atomic E-state index is 10.8. The van der Waals surface area contributed by atoms with Crippen LogP contribution in [0.2, 0.25) is 19.5 Å². The highest BCUT2D eigenvalue weighted by Crippen LogP contribution is 2.02. The smallest absolute Gasteiger partial charge is 0.316 e. The standard InChI is InChI=1S/C6H12O2Si/c1-5-6(7)8-9(2,3)4/h5H,1H2,2-4H3/i2D2,3D2. The van der Waals surface area contributed by atoms with Crippen molar-refractivity contribution >= 4 is 14.3 Å². The Morgan fingerprint density at radius 1 is 1.89 bits per heavy atom. The van der Waals surface area contributed by atoms with Crippen LogP contribution < -0.4 is 0 Å². The van der Waals surface area contributed by atoms with Crippen molar-refractivity contribution in [2.45, 2.75) is 19.5 Å². The molecule has 3 heteroatoms. The quantitative estimate of drug-likeness (QED) is 0.439. The molecule has 0 N–H and O–H groups in total. The summed E-state index contributed by atoms with van der Waals surface area (Å²) in [5.74, 6) is -0.761. The van der Waals surface area contributed by atoms with Gasteiger partial charge in [0.25, 0.3) is 0 Å². The summed E-state index contributed by atoms with van der Waals surface area (Å²) < 4.78 is 33.2. The summed E-state index contributed by atoms with van der Waals surface area (Å²) in [7, 11) is -3.24. The molecule has 0 aromatic rings. The highest BCUT2D eigenvalue weighted by atomic mass is 28.4. The van der Waals surface area contributed by atoms with Crippen LogP contribution in [-0.2, 0) is 9.22 Å². The van der Waals surface area contributed by atoms with Gasteiger partial charge in [0.2, 0.25) is 8.32 Å². The van der Waals surface area contributed by atoms with E-state index in [1.807, 2.05) is 0 Å². The van der Waals surface area contributed by atoms with Crippen LogP contribution in [0.3, 0.4) is 0 Å². The summed E-state index contributed by atoms with van der Waals surface area (Å²) in [6.45, 7) is 1.65. The fourth-order valence-corrected chi connectivity index (χ4v) is 0.775. The number of hydrogen-bond donors (Lipinski definition) is 0. The molecule has 2 nitrogen and oxygen atoms in total. The van der Waals surface area contributed by atoms with Crippen LogP contribution in [-0.4, -0.2) is 14.3 Å². The summed E-state index contributed by atoms with van der Waals surface area (Å²) in [6.07, 6.45) is 0.913. The van der Waals surface area contributed by atoms with E-state index < -0.39 is 27.3 Å². The normalized spacial score (nSPS) is 17.7. The molecule has 0 spiro atoms. The van der Waals surface area contributed by atoms with Gasteiger partial charge in [-0.1, -0.05) is 6.58 Å². The van der Waals surface area contributed by atoms with E-state index in [1.54, 1.807) is 0 Å². The summed E-state index contributed by atoms with van der Waals surface area (Å²) in [4.78, 5) is 10.8. The SMILES string of the molecule is [2H]C([2H])[Si](C)(OC(=O)C=C)C([2H])[2H]. The van der Waals surface area contributed by atoms with Gasteiger partial charge in [0.05, 0.1) is 0 Å². The fraction of sp³-hybridized carbons (Fsp3) is 0.500. The van der Waals surface area contributed by atoms with Crippen molar-refractivity contribution in [3.63, 3.8) is 0 Å². The number of carbonyl (C=O) groups is 1. The predicted molar refractivity (Wildman–Crippen MR) is 39.6 cm³/mol. The van der Waals surface area contributed by atoms with Gasteiger partial charge in [-0.25, -0.2) is 4.79 Å². The lowest BCUT2D eigenvalue weighted by molar-refractivity contribution is -0.129. The van der Waals surface area contributed by atoms with Crippen LogP contribution in [0.25, 0.3) is 0 Å². The molecule has 9 heavy (non-hydrogen) atoms. The molecule has 0 radical (unpaired) electrons. The molecule has 0 saturated carbocycles. The van der Waals surface area contributed by atoms with E-state index in [-0.39, 0.29) is 0 Å². The Morgan fingerprint density at radius 3 is 2.78 bits per heavy atom. The molecule has 0 aliphatic heterocycles. The third-order valence-electron chi connectivity index (χ3n) is 0.487. The zero-order valence-corrected chi connectivity index (χ0v) is 6.26. The Kier molecular flexibility index (Phi) is 1.12. The van der Waals surface area contributed by atoms with Crippen molar-refractivity contribution in [3.05, 3.63) is 12.7 Å². The largest absolute Gasteiger partial charge is 0.517 e. The van der Waals surface area contributed by atoms with Gasteiger partial charge in [-0.2, -0.15) is 0 Å². The molecule has 0 aromatic heterocycles. The zero-order chi connectivity index (χ0) is 10.6. The Morgan fingerprint density at radius 2 is 2.44 bits per heavy atom. The van der Waals surface area contributed by atoms with Crippen molar-refractivity contribution in [2.75, 3.05) is 0 Å². The highest BCUT2D eigenvalue weighted by molar-refractivity contribution is 6.71. The molecular formula is C6H12O2Si. The van der Waals surface area contributed by atoms with Gasteiger partial charge >= 0.3 is 5.97 Å². The Labute approximate surface area is 62.3 Å². The van der Waals surface area contributed by atoms with Gasteiger partial charge in [-0.3, -0.25) is 0 Å². The minimum atomic E-state index is -3.24. The van der Waals surface area contributed by atoms with Crippen molar-refractivity contribution in [2.24, 2.45) is 0 Å². The second-order valence-electron chi connectivity index (χ2n) is 1.81. The first-order chi connectivity index (χ1) is 5.84. The molecular weight excluding hydrogens is 132 g/mol. The van der Waals surface area contributed by atoms with Gasteiger partial charge in [0, 0.05) is 11.6 Å². The first kappa shape index (κ1) is 3.56. The maximum Gasteiger partial charge on any atom is 0.316 e. The van der Waals surface area contributed by atoms with Crippen LogP contribution in [0.4, 0.5) is 0 Å². The Balaban J connectivity index is 4.60. The van der Waals surface area contributed by atoms with Gasteiger partial charge < -0.3 is 4.43 Å². The van der Waals surface area contributed by atoms with Crippen LogP contribution in [0.5, 0.6) is 0 Å². The summed E-state index contributed by atoms with van der Waals surface area (Å²) in [5.41, 5.74) is 0. The van der Waals surface area contributed by atoms with E-state index in [1.165, 1.54) is 6.55 Å². The van der Waals surface area contributed by atoms with E-state index in [0.29, 0.717) is 0 Å². The first-order valence-corrected chi connectivity index (χ1v) is 4.95. The molecule has 0 saturated heterocycles. The number of rotatable bonds is 2. The van der Waals surface area contributed by atoms with E-state index in [9.17, 15) is 4.79 Å². The second-order valence-corrected chi connectivity index (χ2v) is 4.38.